The number of hydrogen-bond acceptors (Lipinski definition) is 6. The molecule has 3 aromatic rings. The van der Waals surface area contributed by atoms with Crippen molar-refractivity contribution in [3.63, 3.8) is 0 Å². The molecular weight excluding hydrogens is 516 g/mol. The molecule has 2 heterocycles. The van der Waals surface area contributed by atoms with Crippen LogP contribution in [-0.4, -0.2) is 72.6 Å². The first-order valence-corrected chi connectivity index (χ1v) is 14.4. The van der Waals surface area contributed by atoms with Crippen LogP contribution in [0.5, 0.6) is 5.75 Å². The predicted molar refractivity (Wildman–Crippen MR) is 162 cm³/mol. The summed E-state index contributed by atoms with van der Waals surface area (Å²) in [5, 5.41) is 2.90. The minimum Gasteiger partial charge on any atom is -0.491 e. The van der Waals surface area contributed by atoms with E-state index in [1.807, 2.05) is 31.3 Å². The molecule has 0 saturated carbocycles. The van der Waals surface area contributed by atoms with Crippen molar-refractivity contribution in [3.05, 3.63) is 78.0 Å². The predicted octanol–water partition coefficient (Wildman–Crippen LogP) is 5.49. The minimum atomic E-state index is -0.168. The summed E-state index contributed by atoms with van der Waals surface area (Å²) in [6.07, 6.45) is 2.83. The van der Waals surface area contributed by atoms with Crippen molar-refractivity contribution in [3.8, 4) is 17.0 Å². The lowest BCUT2D eigenvalue weighted by Crippen LogP contribution is -2.46. The van der Waals surface area contributed by atoms with E-state index in [1.165, 1.54) is 5.56 Å². The molecule has 218 valence electrons. The van der Waals surface area contributed by atoms with Gasteiger partial charge in [0.2, 0.25) is 5.91 Å². The first-order chi connectivity index (χ1) is 19.8. The number of amides is 2. The highest BCUT2D eigenvalue weighted by Gasteiger charge is 2.28. The summed E-state index contributed by atoms with van der Waals surface area (Å²) in [6, 6.07) is 19.8. The van der Waals surface area contributed by atoms with Crippen molar-refractivity contribution in [1.29, 1.82) is 0 Å². The Balaban J connectivity index is 1.58. The van der Waals surface area contributed by atoms with E-state index in [2.05, 4.69) is 53.3 Å². The standard InChI is InChI=1S/C33H42N4O4/c1-6-9-32(38)35-27-15-16-30-28(18-27)33(39)36(4)21-31(40-5)23(2)19-37(24(3)22-41-30)20-25-11-13-26(14-12-25)29-10-7-8-17-34-29/h7-8,10-18,23-24,31H,6,9,19-22H2,1-5H3,(H,35,38)/t23-,24-,31+/m0/s1. The Hall–Kier alpha value is -3.75. The van der Waals surface area contributed by atoms with Crippen LogP contribution in [0.2, 0.25) is 0 Å². The van der Waals surface area contributed by atoms with Crippen LogP contribution in [0, 0.1) is 5.92 Å². The molecule has 4 rings (SSSR count). The zero-order valence-electron chi connectivity index (χ0n) is 24.8. The molecular formula is C33H42N4O4. The van der Waals surface area contributed by atoms with Crippen molar-refractivity contribution < 1.29 is 19.1 Å². The molecule has 1 N–H and O–H groups in total. The number of nitrogens with one attached hydrogen (secondary N) is 1. The minimum absolute atomic E-state index is 0.0643. The summed E-state index contributed by atoms with van der Waals surface area (Å²) in [5.74, 6) is 0.417. The normalized spacial score (nSPS) is 20.4. The van der Waals surface area contributed by atoms with Gasteiger partial charge >= 0.3 is 0 Å². The summed E-state index contributed by atoms with van der Waals surface area (Å²) in [6.45, 7) is 8.64. The third kappa shape index (κ3) is 7.93. The second-order valence-electron chi connectivity index (χ2n) is 10.9. The molecule has 0 fully saturated rings. The topological polar surface area (TPSA) is 84.0 Å². The van der Waals surface area contributed by atoms with Crippen LogP contribution in [0.3, 0.4) is 0 Å². The van der Waals surface area contributed by atoms with Crippen molar-refractivity contribution in [2.75, 3.05) is 39.2 Å². The monoisotopic (exact) mass is 558 g/mol. The Morgan fingerprint density at radius 1 is 1.10 bits per heavy atom. The van der Waals surface area contributed by atoms with Crippen molar-refractivity contribution in [1.82, 2.24) is 14.8 Å². The number of benzene rings is 2. The number of aromatic nitrogens is 1. The largest absolute Gasteiger partial charge is 0.491 e. The van der Waals surface area contributed by atoms with E-state index >= 15 is 0 Å². The van der Waals surface area contributed by atoms with Gasteiger partial charge < -0.3 is 19.7 Å². The number of carbonyl (C=O) groups is 2. The molecule has 0 saturated heterocycles. The average molecular weight is 559 g/mol. The van der Waals surface area contributed by atoms with Gasteiger partial charge in [-0.05, 0) is 55.2 Å². The van der Waals surface area contributed by atoms with Crippen LogP contribution in [-0.2, 0) is 16.1 Å². The van der Waals surface area contributed by atoms with Crippen LogP contribution in [0.25, 0.3) is 11.3 Å². The number of methoxy groups -OCH3 is 1. The van der Waals surface area contributed by atoms with E-state index in [1.54, 1.807) is 37.3 Å². The number of nitrogens with zero attached hydrogens (tertiary/aromatic N) is 3. The average Bonchev–Trinajstić information content (AvgIpc) is 2.98. The number of ether oxygens (including phenoxy) is 2. The third-order valence-corrected chi connectivity index (χ3v) is 7.63. The van der Waals surface area contributed by atoms with E-state index in [9.17, 15) is 9.59 Å². The second kappa shape index (κ2) is 14.2. The smallest absolute Gasteiger partial charge is 0.257 e. The number of fused-ring (bicyclic) bond motifs is 1. The van der Waals surface area contributed by atoms with E-state index < -0.39 is 0 Å². The molecule has 0 radical (unpaired) electrons. The van der Waals surface area contributed by atoms with Gasteiger partial charge in [-0.25, -0.2) is 0 Å². The third-order valence-electron chi connectivity index (χ3n) is 7.63. The highest BCUT2D eigenvalue weighted by atomic mass is 16.5. The Morgan fingerprint density at radius 3 is 2.56 bits per heavy atom. The van der Waals surface area contributed by atoms with E-state index in [-0.39, 0.29) is 29.9 Å². The number of pyridine rings is 1. The molecule has 1 aliphatic rings. The van der Waals surface area contributed by atoms with Gasteiger partial charge in [-0.2, -0.15) is 0 Å². The van der Waals surface area contributed by atoms with Gasteiger partial charge in [0.1, 0.15) is 12.4 Å². The van der Waals surface area contributed by atoms with Gasteiger partial charge in [-0.1, -0.05) is 44.2 Å². The number of likely N-dealkylation sites (N-methyl/N-ethyl adjacent to an activating group) is 1. The first-order valence-electron chi connectivity index (χ1n) is 14.4. The van der Waals surface area contributed by atoms with Gasteiger partial charge in [-0.3, -0.25) is 19.5 Å². The lowest BCUT2D eigenvalue weighted by molar-refractivity contribution is -0.116. The summed E-state index contributed by atoms with van der Waals surface area (Å²) in [4.78, 5) is 34.3. The molecule has 0 unspecified atom stereocenters. The van der Waals surface area contributed by atoms with Crippen molar-refractivity contribution in [2.45, 2.75) is 52.3 Å². The maximum atomic E-state index is 13.6. The summed E-state index contributed by atoms with van der Waals surface area (Å²) >= 11 is 0. The molecule has 0 bridgehead atoms. The number of rotatable bonds is 7. The SMILES string of the molecule is CCCC(=O)Nc1ccc2c(c1)C(=O)N(C)C[C@@H](OC)[C@@H](C)CN(Cc1ccc(-c3ccccn3)cc1)[C@@H](C)CO2. The lowest BCUT2D eigenvalue weighted by atomic mass is 10.0. The fourth-order valence-corrected chi connectivity index (χ4v) is 5.15. The first kappa shape index (κ1) is 30.2. The number of hydrogen-bond donors (Lipinski definition) is 1. The Kier molecular flexibility index (Phi) is 10.5. The summed E-state index contributed by atoms with van der Waals surface area (Å²) < 4.78 is 12.2. The zero-order valence-corrected chi connectivity index (χ0v) is 24.8. The Labute approximate surface area is 243 Å². The van der Waals surface area contributed by atoms with Gasteiger partial charge in [0.15, 0.2) is 0 Å². The van der Waals surface area contributed by atoms with Gasteiger partial charge in [0, 0.05) is 63.7 Å². The van der Waals surface area contributed by atoms with Gasteiger partial charge in [-0.15, -0.1) is 0 Å². The van der Waals surface area contributed by atoms with E-state index in [4.69, 9.17) is 9.47 Å². The molecule has 1 aromatic heterocycles. The van der Waals surface area contributed by atoms with Gasteiger partial charge in [0.25, 0.3) is 5.91 Å². The Bertz CT molecular complexity index is 1300. The van der Waals surface area contributed by atoms with Crippen LogP contribution >= 0.6 is 0 Å². The zero-order chi connectivity index (χ0) is 29.4. The fraction of sp³-hybridized carbons (Fsp3) is 0.424. The molecule has 0 aliphatic carbocycles. The van der Waals surface area contributed by atoms with Crippen molar-refractivity contribution >= 4 is 17.5 Å². The van der Waals surface area contributed by atoms with Crippen LogP contribution in [0.15, 0.2) is 66.9 Å². The van der Waals surface area contributed by atoms with Gasteiger partial charge in [0.05, 0.1) is 17.4 Å². The van der Waals surface area contributed by atoms with E-state index in [0.717, 1.165) is 30.8 Å². The molecule has 2 amide bonds. The fourth-order valence-electron chi connectivity index (χ4n) is 5.15. The number of carbonyl (C=O) groups excluding carboxylic acids is 2. The highest BCUT2D eigenvalue weighted by Crippen LogP contribution is 2.27. The molecule has 0 spiro atoms. The molecule has 3 atom stereocenters. The molecule has 1 aliphatic heterocycles. The molecule has 2 aromatic carbocycles. The van der Waals surface area contributed by atoms with Crippen LogP contribution < -0.4 is 10.1 Å². The maximum absolute atomic E-state index is 13.6. The quantitative estimate of drug-likeness (QED) is 0.413. The molecule has 8 heteroatoms. The van der Waals surface area contributed by atoms with Crippen molar-refractivity contribution in [2.24, 2.45) is 5.92 Å². The summed E-state index contributed by atoms with van der Waals surface area (Å²) in [5.41, 5.74) is 4.25. The maximum Gasteiger partial charge on any atom is 0.257 e. The highest BCUT2D eigenvalue weighted by molar-refractivity contribution is 5.99. The van der Waals surface area contributed by atoms with E-state index in [0.29, 0.717) is 36.6 Å². The summed E-state index contributed by atoms with van der Waals surface area (Å²) in [7, 11) is 3.48. The second-order valence-corrected chi connectivity index (χ2v) is 10.9. The van der Waals surface area contributed by atoms with Crippen LogP contribution in [0.1, 0.15) is 49.5 Å². The lowest BCUT2D eigenvalue weighted by Gasteiger charge is -2.36. The van der Waals surface area contributed by atoms with Crippen LogP contribution in [0.4, 0.5) is 5.69 Å². The molecule has 8 nitrogen and oxygen atoms in total. The Morgan fingerprint density at radius 2 is 1.88 bits per heavy atom. The number of anilines is 1. The molecule has 41 heavy (non-hydrogen) atoms.